The number of methoxy groups -OCH3 is 1. The van der Waals surface area contributed by atoms with E-state index < -0.39 is 23.0 Å². The van der Waals surface area contributed by atoms with E-state index in [1.165, 1.54) is 7.11 Å². The predicted molar refractivity (Wildman–Crippen MR) is 52.8 cm³/mol. The van der Waals surface area contributed by atoms with Crippen LogP contribution < -0.4 is 4.74 Å². The van der Waals surface area contributed by atoms with Crippen molar-refractivity contribution in [1.29, 1.82) is 0 Å². The summed E-state index contributed by atoms with van der Waals surface area (Å²) in [6, 6.07) is 0. The van der Waals surface area contributed by atoms with Gasteiger partial charge in [0.25, 0.3) is 0 Å². The number of aromatic carboxylic acids is 1. The Morgan fingerprint density at radius 1 is 1.13 bits per heavy atom. The number of hydrogen-bond donors (Lipinski definition) is 3. The molecule has 15 heavy (non-hydrogen) atoms. The highest BCUT2D eigenvalue weighted by Gasteiger charge is 2.24. The number of carbonyl (C=O) groups is 1. The molecule has 0 atom stereocenters. The number of phenols is 2. The Morgan fingerprint density at radius 2 is 1.67 bits per heavy atom. The lowest BCUT2D eigenvalue weighted by Crippen LogP contribution is -2.04. The third-order valence-corrected chi connectivity index (χ3v) is 2.36. The van der Waals surface area contributed by atoms with Gasteiger partial charge in [-0.25, -0.2) is 4.79 Å². The highest BCUT2D eigenvalue weighted by atomic mass is 16.5. The number of phenolic OH excluding ortho intramolecular Hbond substituents is 1. The van der Waals surface area contributed by atoms with E-state index in [2.05, 4.69) is 0 Å². The highest BCUT2D eigenvalue weighted by Crippen LogP contribution is 2.41. The van der Waals surface area contributed by atoms with Crippen LogP contribution in [0.3, 0.4) is 0 Å². The number of benzene rings is 1. The molecule has 1 aromatic rings. The van der Waals surface area contributed by atoms with Crippen molar-refractivity contribution in [3.8, 4) is 17.2 Å². The summed E-state index contributed by atoms with van der Waals surface area (Å²) in [6.45, 7) is 3.18. The molecule has 0 saturated heterocycles. The van der Waals surface area contributed by atoms with Crippen LogP contribution >= 0.6 is 0 Å². The van der Waals surface area contributed by atoms with Gasteiger partial charge in [-0.1, -0.05) is 0 Å². The van der Waals surface area contributed by atoms with Gasteiger partial charge in [0.1, 0.15) is 11.3 Å². The quantitative estimate of drug-likeness (QED) is 0.645. The standard InChI is InChI=1S/C10H12O5/c1-4-5(2)9(15-3)6(10(13)14)8(12)7(4)11/h11-12H,1-3H3,(H,13,14). The van der Waals surface area contributed by atoms with Crippen molar-refractivity contribution in [2.75, 3.05) is 7.11 Å². The molecular weight excluding hydrogens is 200 g/mol. The lowest BCUT2D eigenvalue weighted by Gasteiger charge is -2.14. The molecule has 0 aliphatic rings. The minimum Gasteiger partial charge on any atom is -0.504 e. The van der Waals surface area contributed by atoms with E-state index in [4.69, 9.17) is 9.84 Å². The first kappa shape index (κ1) is 11.2. The molecule has 1 aromatic carbocycles. The Morgan fingerprint density at radius 3 is 2.07 bits per heavy atom. The number of ether oxygens (including phenoxy) is 1. The van der Waals surface area contributed by atoms with Gasteiger partial charge in [0.15, 0.2) is 11.5 Å². The highest BCUT2D eigenvalue weighted by molar-refractivity contribution is 5.96. The molecule has 0 radical (unpaired) electrons. The van der Waals surface area contributed by atoms with Gasteiger partial charge in [0.05, 0.1) is 7.11 Å². The first-order valence-corrected chi connectivity index (χ1v) is 4.24. The predicted octanol–water partition coefficient (Wildman–Crippen LogP) is 1.42. The summed E-state index contributed by atoms with van der Waals surface area (Å²) < 4.78 is 4.90. The zero-order valence-corrected chi connectivity index (χ0v) is 8.66. The van der Waals surface area contributed by atoms with Gasteiger partial charge < -0.3 is 20.1 Å². The molecule has 0 unspecified atom stereocenters. The first-order valence-electron chi connectivity index (χ1n) is 4.24. The fourth-order valence-electron chi connectivity index (χ4n) is 1.39. The van der Waals surface area contributed by atoms with Crippen molar-refractivity contribution in [1.82, 2.24) is 0 Å². The van der Waals surface area contributed by atoms with E-state index in [0.717, 1.165) is 0 Å². The van der Waals surface area contributed by atoms with Gasteiger partial charge in [0.2, 0.25) is 0 Å². The van der Waals surface area contributed by atoms with Crippen LogP contribution in [-0.2, 0) is 0 Å². The molecule has 0 aliphatic carbocycles. The van der Waals surface area contributed by atoms with E-state index in [1.807, 2.05) is 0 Å². The molecular formula is C10H12O5. The van der Waals surface area contributed by atoms with Crippen LogP contribution in [0.2, 0.25) is 0 Å². The summed E-state index contributed by atoms with van der Waals surface area (Å²) >= 11 is 0. The molecule has 0 fully saturated rings. The second kappa shape index (κ2) is 3.68. The fraction of sp³-hybridized carbons (Fsp3) is 0.300. The summed E-state index contributed by atoms with van der Waals surface area (Å²) in [5.41, 5.74) is 0.470. The third kappa shape index (κ3) is 1.56. The van der Waals surface area contributed by atoms with Gasteiger partial charge in [0, 0.05) is 5.56 Å². The van der Waals surface area contributed by atoms with Crippen molar-refractivity contribution < 1.29 is 24.9 Å². The molecule has 1 rings (SSSR count). The topological polar surface area (TPSA) is 87.0 Å². The van der Waals surface area contributed by atoms with Crippen LogP contribution in [0.25, 0.3) is 0 Å². The average molecular weight is 212 g/mol. The molecule has 0 aliphatic heterocycles. The second-order valence-corrected chi connectivity index (χ2v) is 3.16. The molecule has 0 aromatic heterocycles. The van der Waals surface area contributed by atoms with E-state index in [0.29, 0.717) is 11.1 Å². The van der Waals surface area contributed by atoms with Crippen LogP contribution in [0.4, 0.5) is 0 Å². The molecule has 0 bridgehead atoms. The van der Waals surface area contributed by atoms with E-state index in [1.54, 1.807) is 13.8 Å². The van der Waals surface area contributed by atoms with Gasteiger partial charge in [-0.2, -0.15) is 0 Å². The van der Waals surface area contributed by atoms with Crippen molar-refractivity contribution >= 4 is 5.97 Å². The Labute approximate surface area is 86.5 Å². The van der Waals surface area contributed by atoms with E-state index in [-0.39, 0.29) is 5.75 Å². The van der Waals surface area contributed by atoms with Crippen molar-refractivity contribution in [2.24, 2.45) is 0 Å². The number of carboxylic acid groups (broad SMARTS) is 1. The van der Waals surface area contributed by atoms with Crippen LogP contribution in [-0.4, -0.2) is 28.4 Å². The number of hydrogen-bond acceptors (Lipinski definition) is 4. The lowest BCUT2D eigenvalue weighted by molar-refractivity contribution is 0.0689. The molecule has 0 spiro atoms. The third-order valence-electron chi connectivity index (χ3n) is 2.36. The van der Waals surface area contributed by atoms with Crippen LogP contribution in [0, 0.1) is 13.8 Å². The fourth-order valence-corrected chi connectivity index (χ4v) is 1.39. The maximum absolute atomic E-state index is 10.9. The normalized spacial score (nSPS) is 10.1. The largest absolute Gasteiger partial charge is 0.504 e. The number of aromatic hydroxyl groups is 2. The summed E-state index contributed by atoms with van der Waals surface area (Å²) in [7, 11) is 1.31. The Bertz CT molecular complexity index is 423. The van der Waals surface area contributed by atoms with Gasteiger partial charge >= 0.3 is 5.97 Å². The Balaban J connectivity index is 3.70. The maximum Gasteiger partial charge on any atom is 0.343 e. The lowest BCUT2D eigenvalue weighted by atomic mass is 10.0. The second-order valence-electron chi connectivity index (χ2n) is 3.16. The number of carboxylic acids is 1. The maximum atomic E-state index is 10.9. The van der Waals surface area contributed by atoms with Gasteiger partial charge in [-0.15, -0.1) is 0 Å². The minimum atomic E-state index is -1.34. The molecule has 5 heteroatoms. The molecule has 3 N–H and O–H groups in total. The van der Waals surface area contributed by atoms with Crippen LogP contribution in [0.1, 0.15) is 21.5 Å². The molecule has 5 nitrogen and oxygen atoms in total. The van der Waals surface area contributed by atoms with E-state index in [9.17, 15) is 15.0 Å². The molecule has 82 valence electrons. The Kier molecular flexibility index (Phi) is 2.74. The average Bonchev–Trinajstić information content (AvgIpc) is 2.19. The summed E-state index contributed by atoms with van der Waals surface area (Å²) in [6.07, 6.45) is 0. The van der Waals surface area contributed by atoms with Crippen molar-refractivity contribution in [3.05, 3.63) is 16.7 Å². The summed E-state index contributed by atoms with van der Waals surface area (Å²) in [5.74, 6) is -2.37. The number of rotatable bonds is 2. The smallest absolute Gasteiger partial charge is 0.343 e. The molecule has 0 saturated carbocycles. The van der Waals surface area contributed by atoms with Crippen molar-refractivity contribution in [3.63, 3.8) is 0 Å². The molecule has 0 amide bonds. The van der Waals surface area contributed by atoms with Crippen LogP contribution in [0.15, 0.2) is 0 Å². The summed E-state index contributed by atoms with van der Waals surface area (Å²) in [5, 5.41) is 27.8. The summed E-state index contributed by atoms with van der Waals surface area (Å²) in [4.78, 5) is 10.9. The minimum absolute atomic E-state index is 0.0651. The van der Waals surface area contributed by atoms with E-state index >= 15 is 0 Å². The van der Waals surface area contributed by atoms with Gasteiger partial charge in [-0.3, -0.25) is 0 Å². The zero-order valence-electron chi connectivity index (χ0n) is 8.66. The van der Waals surface area contributed by atoms with Gasteiger partial charge in [-0.05, 0) is 19.4 Å². The zero-order chi connectivity index (χ0) is 11.7. The first-order chi connectivity index (χ1) is 6.91. The van der Waals surface area contributed by atoms with Crippen molar-refractivity contribution in [2.45, 2.75) is 13.8 Å². The monoisotopic (exact) mass is 212 g/mol. The SMILES string of the molecule is COc1c(C)c(C)c(O)c(O)c1C(=O)O. The van der Waals surface area contributed by atoms with Crippen LogP contribution in [0.5, 0.6) is 17.2 Å². The Hall–Kier alpha value is -1.91. The molecule has 0 heterocycles.